The fourth-order valence-corrected chi connectivity index (χ4v) is 2.87. The maximum Gasteiger partial charge on any atom is 0.269 e. The number of carbonyl (C=O) groups is 1. The molecule has 0 N–H and O–H groups in total. The van der Waals surface area contributed by atoms with Gasteiger partial charge in [0, 0.05) is 24.7 Å². The number of aryl methyl sites for hydroxylation is 2. The summed E-state index contributed by atoms with van der Waals surface area (Å²) in [6.07, 6.45) is 0. The van der Waals surface area contributed by atoms with Gasteiger partial charge in [0.15, 0.2) is 0 Å². The first kappa shape index (κ1) is 18.4. The first-order valence-corrected chi connectivity index (χ1v) is 8.54. The van der Waals surface area contributed by atoms with Crippen molar-refractivity contribution in [2.75, 3.05) is 7.05 Å². The summed E-state index contributed by atoms with van der Waals surface area (Å²) >= 11 is 0. The summed E-state index contributed by atoms with van der Waals surface area (Å²) in [6, 6.07) is 11.3. The van der Waals surface area contributed by atoms with Crippen molar-refractivity contribution in [3.8, 4) is 0 Å². The van der Waals surface area contributed by atoms with Crippen LogP contribution in [-0.2, 0) is 0 Å². The standard InChI is InChI=1S/C20H20N4O3/c1-12-13(2)22-19-11-16(8-9-18(19)21-12)20(25)23(4)14(3)15-6-5-7-17(10-15)24(26)27/h5-11,14H,1-4H3/t14-/m0/s1. The topological polar surface area (TPSA) is 89.2 Å². The molecule has 27 heavy (non-hydrogen) atoms. The second-order valence-electron chi connectivity index (χ2n) is 6.54. The van der Waals surface area contributed by atoms with Gasteiger partial charge in [0.25, 0.3) is 11.6 Å². The Morgan fingerprint density at radius 1 is 1.07 bits per heavy atom. The lowest BCUT2D eigenvalue weighted by atomic mass is 10.1. The van der Waals surface area contributed by atoms with Crippen LogP contribution in [0.5, 0.6) is 0 Å². The number of nitro benzene ring substituents is 1. The first-order chi connectivity index (χ1) is 12.8. The van der Waals surface area contributed by atoms with Crippen molar-refractivity contribution in [1.29, 1.82) is 0 Å². The van der Waals surface area contributed by atoms with E-state index in [0.717, 1.165) is 16.9 Å². The number of benzene rings is 2. The maximum absolute atomic E-state index is 12.9. The van der Waals surface area contributed by atoms with Crippen LogP contribution < -0.4 is 0 Å². The zero-order valence-electron chi connectivity index (χ0n) is 15.6. The lowest BCUT2D eigenvalue weighted by Gasteiger charge is -2.25. The molecule has 0 aliphatic carbocycles. The molecule has 0 saturated heterocycles. The number of rotatable bonds is 4. The monoisotopic (exact) mass is 364 g/mol. The smallest absolute Gasteiger partial charge is 0.269 e. The van der Waals surface area contributed by atoms with E-state index in [1.165, 1.54) is 12.1 Å². The number of amides is 1. The average molecular weight is 364 g/mol. The van der Waals surface area contributed by atoms with Gasteiger partial charge in [-0.15, -0.1) is 0 Å². The van der Waals surface area contributed by atoms with E-state index in [9.17, 15) is 14.9 Å². The number of fused-ring (bicyclic) bond motifs is 1. The molecule has 3 aromatic rings. The number of hydrogen-bond acceptors (Lipinski definition) is 5. The van der Waals surface area contributed by atoms with E-state index >= 15 is 0 Å². The minimum Gasteiger partial charge on any atom is -0.335 e. The van der Waals surface area contributed by atoms with Gasteiger partial charge >= 0.3 is 0 Å². The average Bonchev–Trinajstić information content (AvgIpc) is 2.66. The van der Waals surface area contributed by atoms with E-state index in [1.54, 1.807) is 42.3 Å². The number of nitro groups is 1. The minimum atomic E-state index is -0.440. The van der Waals surface area contributed by atoms with E-state index < -0.39 is 4.92 Å². The molecule has 0 saturated carbocycles. The molecule has 0 aliphatic heterocycles. The molecular formula is C20H20N4O3. The number of hydrogen-bond donors (Lipinski definition) is 0. The Morgan fingerprint density at radius 3 is 2.41 bits per heavy atom. The van der Waals surface area contributed by atoms with Crippen LogP contribution in [-0.4, -0.2) is 32.7 Å². The van der Waals surface area contributed by atoms with E-state index in [4.69, 9.17) is 0 Å². The fraction of sp³-hybridized carbons (Fsp3) is 0.250. The normalized spacial score (nSPS) is 12.0. The summed E-state index contributed by atoms with van der Waals surface area (Å²) in [5, 5.41) is 11.0. The fourth-order valence-electron chi connectivity index (χ4n) is 2.87. The van der Waals surface area contributed by atoms with Crippen LogP contribution in [0.25, 0.3) is 11.0 Å². The molecule has 138 valence electrons. The Kier molecular flexibility index (Phi) is 4.85. The van der Waals surface area contributed by atoms with Crippen molar-refractivity contribution in [3.05, 3.63) is 75.1 Å². The Bertz CT molecular complexity index is 1050. The Balaban J connectivity index is 1.90. The first-order valence-electron chi connectivity index (χ1n) is 8.54. The Morgan fingerprint density at radius 2 is 1.74 bits per heavy atom. The third-order valence-electron chi connectivity index (χ3n) is 4.79. The van der Waals surface area contributed by atoms with Crippen molar-refractivity contribution < 1.29 is 9.72 Å². The van der Waals surface area contributed by atoms with Gasteiger partial charge < -0.3 is 4.90 Å². The lowest BCUT2D eigenvalue weighted by Crippen LogP contribution is -2.29. The molecule has 1 amide bonds. The lowest BCUT2D eigenvalue weighted by molar-refractivity contribution is -0.384. The van der Waals surface area contributed by atoms with Crippen molar-refractivity contribution in [1.82, 2.24) is 14.9 Å². The highest BCUT2D eigenvalue weighted by Gasteiger charge is 2.21. The van der Waals surface area contributed by atoms with Crippen LogP contribution in [0.1, 0.15) is 40.3 Å². The highest BCUT2D eigenvalue weighted by molar-refractivity contribution is 5.97. The molecule has 1 heterocycles. The summed E-state index contributed by atoms with van der Waals surface area (Å²) in [5.41, 5.74) is 4.30. The van der Waals surface area contributed by atoms with Crippen LogP contribution in [0.3, 0.4) is 0 Å². The van der Waals surface area contributed by atoms with Crippen LogP contribution in [0.4, 0.5) is 5.69 Å². The summed E-state index contributed by atoms with van der Waals surface area (Å²) in [5.74, 6) is -0.184. The van der Waals surface area contributed by atoms with Crippen LogP contribution in [0.15, 0.2) is 42.5 Å². The van der Waals surface area contributed by atoms with Gasteiger partial charge in [0.1, 0.15) is 0 Å². The number of aromatic nitrogens is 2. The molecule has 0 aliphatic rings. The molecule has 7 nitrogen and oxygen atoms in total. The molecule has 1 aromatic heterocycles. The molecule has 0 fully saturated rings. The van der Waals surface area contributed by atoms with E-state index in [2.05, 4.69) is 9.97 Å². The van der Waals surface area contributed by atoms with E-state index in [1.807, 2.05) is 20.8 Å². The Hall–Kier alpha value is -3.35. The SMILES string of the molecule is Cc1nc2ccc(C(=O)N(C)[C@@H](C)c3cccc([N+](=O)[O-])c3)cc2nc1C. The predicted octanol–water partition coefficient (Wildman–Crippen LogP) is 3.99. The third-order valence-corrected chi connectivity index (χ3v) is 4.79. The zero-order chi connectivity index (χ0) is 19.7. The molecule has 7 heteroatoms. The second-order valence-corrected chi connectivity index (χ2v) is 6.54. The number of non-ortho nitro benzene ring substituents is 1. The predicted molar refractivity (Wildman–Crippen MR) is 103 cm³/mol. The van der Waals surface area contributed by atoms with Crippen molar-refractivity contribution in [3.63, 3.8) is 0 Å². The quantitative estimate of drug-likeness (QED) is 0.516. The summed E-state index contributed by atoms with van der Waals surface area (Å²) in [4.78, 5) is 34.0. The largest absolute Gasteiger partial charge is 0.335 e. The van der Waals surface area contributed by atoms with Crippen LogP contribution in [0, 0.1) is 24.0 Å². The van der Waals surface area contributed by atoms with Crippen LogP contribution in [0.2, 0.25) is 0 Å². The highest BCUT2D eigenvalue weighted by atomic mass is 16.6. The van der Waals surface area contributed by atoms with Crippen molar-refractivity contribution in [2.24, 2.45) is 0 Å². The maximum atomic E-state index is 12.9. The van der Waals surface area contributed by atoms with Gasteiger partial charge in [-0.2, -0.15) is 0 Å². The zero-order valence-corrected chi connectivity index (χ0v) is 15.6. The van der Waals surface area contributed by atoms with Gasteiger partial charge in [-0.1, -0.05) is 12.1 Å². The van der Waals surface area contributed by atoms with Gasteiger partial charge in [-0.05, 0) is 44.5 Å². The van der Waals surface area contributed by atoms with E-state index in [0.29, 0.717) is 16.6 Å². The van der Waals surface area contributed by atoms with Gasteiger partial charge in [-0.3, -0.25) is 14.9 Å². The van der Waals surface area contributed by atoms with Crippen molar-refractivity contribution in [2.45, 2.75) is 26.8 Å². The number of carbonyl (C=O) groups excluding carboxylic acids is 1. The Labute approximate surface area is 156 Å². The summed E-state index contributed by atoms with van der Waals surface area (Å²) in [7, 11) is 1.68. The molecule has 0 spiro atoms. The molecule has 2 aromatic carbocycles. The minimum absolute atomic E-state index is 0.00650. The van der Waals surface area contributed by atoms with Crippen LogP contribution >= 0.6 is 0 Å². The highest BCUT2D eigenvalue weighted by Crippen LogP contribution is 2.25. The molecule has 1 atom stereocenters. The van der Waals surface area contributed by atoms with Gasteiger partial charge in [0.2, 0.25) is 0 Å². The molecule has 3 rings (SSSR count). The molecular weight excluding hydrogens is 344 g/mol. The van der Waals surface area contributed by atoms with E-state index in [-0.39, 0.29) is 17.6 Å². The van der Waals surface area contributed by atoms with Gasteiger partial charge in [-0.25, -0.2) is 9.97 Å². The molecule has 0 radical (unpaired) electrons. The summed E-state index contributed by atoms with van der Waals surface area (Å²) in [6.45, 7) is 5.62. The molecule has 0 unspecified atom stereocenters. The second kappa shape index (κ2) is 7.11. The summed E-state index contributed by atoms with van der Waals surface area (Å²) < 4.78 is 0. The van der Waals surface area contributed by atoms with Crippen molar-refractivity contribution >= 4 is 22.6 Å². The number of nitrogens with zero attached hydrogens (tertiary/aromatic N) is 4. The third kappa shape index (κ3) is 3.62. The molecule has 0 bridgehead atoms. The van der Waals surface area contributed by atoms with Gasteiger partial charge in [0.05, 0.1) is 33.4 Å².